The molecule has 0 bridgehead atoms. The molecule has 0 aliphatic rings. The van der Waals surface area contributed by atoms with E-state index in [-0.39, 0.29) is 5.95 Å². The summed E-state index contributed by atoms with van der Waals surface area (Å²) in [6, 6.07) is 7.33. The van der Waals surface area contributed by atoms with Crippen molar-refractivity contribution >= 4 is 17.0 Å². The second-order valence-corrected chi connectivity index (χ2v) is 7.54. The van der Waals surface area contributed by atoms with Crippen molar-refractivity contribution < 1.29 is 5.11 Å². The van der Waals surface area contributed by atoms with E-state index >= 15 is 0 Å². The van der Waals surface area contributed by atoms with E-state index in [1.54, 1.807) is 54.6 Å². The van der Waals surface area contributed by atoms with Crippen LogP contribution in [-0.4, -0.2) is 39.8 Å². The average Bonchev–Trinajstić information content (AvgIpc) is 3.39. The summed E-state index contributed by atoms with van der Waals surface area (Å²) >= 11 is 0. The normalized spacial score (nSPS) is 13.4. The van der Waals surface area contributed by atoms with Gasteiger partial charge in [0.2, 0.25) is 5.95 Å². The number of aromatic amines is 1. The molecule has 0 radical (unpaired) electrons. The number of aliphatic hydroxyl groups is 1. The van der Waals surface area contributed by atoms with Gasteiger partial charge in [0.15, 0.2) is 0 Å². The first-order valence-corrected chi connectivity index (χ1v) is 9.66. The van der Waals surface area contributed by atoms with Gasteiger partial charge >= 0.3 is 0 Å². The highest BCUT2D eigenvalue weighted by Crippen LogP contribution is 2.33. The summed E-state index contributed by atoms with van der Waals surface area (Å²) in [5.41, 5.74) is 9.65. The Hall–Kier alpha value is -4.11. The lowest BCUT2D eigenvalue weighted by Gasteiger charge is -2.23. The van der Waals surface area contributed by atoms with Gasteiger partial charge in [-0.3, -0.25) is 9.67 Å². The molecule has 0 aliphatic carbocycles. The SMILES string of the molecule is Cn1cc(-c2cnc3[nH]cc(-c4cc([C@@](C)(O)c5cccnc5)nc(N)n4)c3c2)cn1. The predicted octanol–water partition coefficient (Wildman–Crippen LogP) is 2.65. The maximum atomic E-state index is 11.2. The third kappa shape index (κ3) is 3.30. The van der Waals surface area contributed by atoms with Gasteiger partial charge < -0.3 is 15.8 Å². The van der Waals surface area contributed by atoms with Crippen molar-refractivity contribution in [2.75, 3.05) is 5.73 Å². The number of nitrogens with one attached hydrogen (secondary N) is 1. The van der Waals surface area contributed by atoms with E-state index in [1.165, 1.54) is 0 Å². The summed E-state index contributed by atoms with van der Waals surface area (Å²) in [5, 5.41) is 16.3. The van der Waals surface area contributed by atoms with Crippen molar-refractivity contribution in [3.05, 3.63) is 72.7 Å². The number of nitrogens with zero attached hydrogens (tertiary/aromatic N) is 6. The summed E-state index contributed by atoms with van der Waals surface area (Å²) in [4.78, 5) is 20.5. The molecule has 0 aliphatic heterocycles. The molecule has 5 rings (SSSR count). The molecule has 0 fully saturated rings. The summed E-state index contributed by atoms with van der Waals surface area (Å²) < 4.78 is 1.75. The molecule has 154 valence electrons. The molecule has 1 atom stereocenters. The summed E-state index contributed by atoms with van der Waals surface area (Å²) in [6.45, 7) is 1.66. The van der Waals surface area contributed by atoms with Gasteiger partial charge in [0.1, 0.15) is 11.2 Å². The Kier molecular flexibility index (Phi) is 4.26. The molecular weight excluding hydrogens is 392 g/mol. The van der Waals surface area contributed by atoms with Crippen molar-refractivity contribution in [3.8, 4) is 22.4 Å². The lowest BCUT2D eigenvalue weighted by molar-refractivity contribution is 0.0971. The van der Waals surface area contributed by atoms with Crippen molar-refractivity contribution in [1.29, 1.82) is 0 Å². The molecule has 0 aromatic carbocycles. The topological polar surface area (TPSA) is 131 Å². The molecule has 9 heteroatoms. The van der Waals surface area contributed by atoms with Gasteiger partial charge in [-0.1, -0.05) is 6.07 Å². The lowest BCUT2D eigenvalue weighted by atomic mass is 9.92. The molecule has 5 heterocycles. The molecule has 0 spiro atoms. The maximum Gasteiger partial charge on any atom is 0.220 e. The van der Waals surface area contributed by atoms with E-state index < -0.39 is 5.60 Å². The number of aromatic nitrogens is 7. The van der Waals surface area contributed by atoms with Crippen LogP contribution in [0.3, 0.4) is 0 Å². The van der Waals surface area contributed by atoms with E-state index in [2.05, 4.69) is 30.0 Å². The highest BCUT2D eigenvalue weighted by atomic mass is 16.3. The summed E-state index contributed by atoms with van der Waals surface area (Å²) in [6.07, 6.45) is 10.6. The fraction of sp³-hybridized carbons (Fsp3) is 0.136. The van der Waals surface area contributed by atoms with Gasteiger partial charge in [-0.15, -0.1) is 0 Å². The van der Waals surface area contributed by atoms with Crippen LogP contribution in [-0.2, 0) is 12.6 Å². The van der Waals surface area contributed by atoms with Crippen LogP contribution in [0.15, 0.2) is 61.4 Å². The maximum absolute atomic E-state index is 11.2. The van der Waals surface area contributed by atoms with Crippen LogP contribution in [0.2, 0.25) is 0 Å². The molecule has 9 nitrogen and oxygen atoms in total. The fourth-order valence-corrected chi connectivity index (χ4v) is 3.60. The molecule has 0 saturated carbocycles. The van der Waals surface area contributed by atoms with Crippen molar-refractivity contribution in [1.82, 2.24) is 34.7 Å². The van der Waals surface area contributed by atoms with E-state index in [0.717, 1.165) is 27.7 Å². The van der Waals surface area contributed by atoms with Gasteiger partial charge in [-0.05, 0) is 25.1 Å². The van der Waals surface area contributed by atoms with Gasteiger partial charge in [0.25, 0.3) is 0 Å². The van der Waals surface area contributed by atoms with Crippen LogP contribution < -0.4 is 5.73 Å². The smallest absolute Gasteiger partial charge is 0.220 e. The number of anilines is 1. The lowest BCUT2D eigenvalue weighted by Crippen LogP contribution is -2.25. The Labute approximate surface area is 177 Å². The zero-order valence-electron chi connectivity index (χ0n) is 17.0. The molecule has 0 amide bonds. The molecule has 5 aromatic heterocycles. The van der Waals surface area contributed by atoms with Gasteiger partial charge in [-0.25, -0.2) is 15.0 Å². The van der Waals surface area contributed by atoms with Gasteiger partial charge in [0, 0.05) is 65.7 Å². The molecule has 5 aromatic rings. The first kappa shape index (κ1) is 18.9. The van der Waals surface area contributed by atoms with E-state index in [4.69, 9.17) is 5.73 Å². The molecule has 0 saturated heterocycles. The second kappa shape index (κ2) is 6.99. The highest BCUT2D eigenvalue weighted by Gasteiger charge is 2.29. The van der Waals surface area contributed by atoms with Crippen LogP contribution >= 0.6 is 0 Å². The second-order valence-electron chi connectivity index (χ2n) is 7.54. The number of aryl methyl sites for hydroxylation is 1. The fourth-order valence-electron chi connectivity index (χ4n) is 3.60. The molecule has 4 N–H and O–H groups in total. The highest BCUT2D eigenvalue weighted by molar-refractivity contribution is 5.95. The summed E-state index contributed by atoms with van der Waals surface area (Å²) in [5.74, 6) is 0.0717. The average molecular weight is 412 g/mol. The van der Waals surface area contributed by atoms with Crippen LogP contribution in [0.4, 0.5) is 5.95 Å². The number of pyridine rings is 2. The van der Waals surface area contributed by atoms with Crippen LogP contribution in [0.5, 0.6) is 0 Å². The van der Waals surface area contributed by atoms with Crippen LogP contribution in [0, 0.1) is 0 Å². The van der Waals surface area contributed by atoms with Crippen LogP contribution in [0.1, 0.15) is 18.2 Å². The number of hydrogen-bond acceptors (Lipinski definition) is 7. The largest absolute Gasteiger partial charge is 0.379 e. The Balaban J connectivity index is 1.64. The van der Waals surface area contributed by atoms with Crippen molar-refractivity contribution in [3.63, 3.8) is 0 Å². The van der Waals surface area contributed by atoms with Gasteiger partial charge in [0.05, 0.1) is 17.6 Å². The number of rotatable bonds is 4. The summed E-state index contributed by atoms with van der Waals surface area (Å²) in [7, 11) is 1.87. The third-order valence-electron chi connectivity index (χ3n) is 5.31. The minimum absolute atomic E-state index is 0.0717. The van der Waals surface area contributed by atoms with E-state index in [9.17, 15) is 5.11 Å². The number of nitrogens with two attached hydrogens (primary N) is 1. The molecule has 31 heavy (non-hydrogen) atoms. The third-order valence-corrected chi connectivity index (χ3v) is 5.31. The predicted molar refractivity (Wildman–Crippen MR) is 117 cm³/mol. The Morgan fingerprint density at radius 3 is 2.74 bits per heavy atom. The zero-order chi connectivity index (χ0) is 21.6. The molecular formula is C22H20N8O. The Bertz CT molecular complexity index is 1390. The Morgan fingerprint density at radius 2 is 2.00 bits per heavy atom. The van der Waals surface area contributed by atoms with Crippen molar-refractivity contribution in [2.24, 2.45) is 7.05 Å². The molecule has 0 unspecified atom stereocenters. The Morgan fingerprint density at radius 1 is 1.13 bits per heavy atom. The zero-order valence-corrected chi connectivity index (χ0v) is 17.0. The minimum atomic E-state index is -1.38. The number of nitrogen functional groups attached to an aromatic ring is 1. The monoisotopic (exact) mass is 412 g/mol. The first-order chi connectivity index (χ1) is 14.9. The quantitative estimate of drug-likeness (QED) is 0.413. The number of hydrogen-bond donors (Lipinski definition) is 3. The van der Waals surface area contributed by atoms with Crippen molar-refractivity contribution in [2.45, 2.75) is 12.5 Å². The van der Waals surface area contributed by atoms with E-state index in [0.29, 0.717) is 17.0 Å². The van der Waals surface area contributed by atoms with Gasteiger partial charge in [-0.2, -0.15) is 5.10 Å². The minimum Gasteiger partial charge on any atom is -0.379 e. The van der Waals surface area contributed by atoms with E-state index in [1.807, 2.05) is 25.5 Å². The van der Waals surface area contributed by atoms with Crippen LogP contribution in [0.25, 0.3) is 33.4 Å². The number of fused-ring (bicyclic) bond motifs is 1. The first-order valence-electron chi connectivity index (χ1n) is 9.66. The number of H-pyrrole nitrogens is 1. The standard InChI is InChI=1S/C22H20N8O/c1-22(31,15-4-3-5-24-10-15)19-7-18(28-21(23)29-19)17-11-26-20-16(17)6-13(8-25-20)14-9-27-30(2)12-14/h3-12,31H,1-2H3,(H,25,26)(H2,23,28,29)/t22-/m0/s1.